The fourth-order valence-corrected chi connectivity index (χ4v) is 9.28. The van der Waals surface area contributed by atoms with Gasteiger partial charge in [0.25, 0.3) is 0 Å². The first-order valence-electron chi connectivity index (χ1n) is 18.2. The maximum absolute atomic E-state index is 16.5. The Morgan fingerprint density at radius 2 is 1.53 bits per heavy atom. The fourth-order valence-electron chi connectivity index (χ4n) is 9.28. The summed E-state index contributed by atoms with van der Waals surface area (Å²) in [6.45, 7) is 7.02. The molecule has 0 radical (unpaired) electrons. The van der Waals surface area contributed by atoms with Crippen LogP contribution in [0, 0.1) is 17.0 Å². The van der Waals surface area contributed by atoms with E-state index in [-0.39, 0.29) is 62.6 Å². The summed E-state index contributed by atoms with van der Waals surface area (Å²) >= 11 is 0. The van der Waals surface area contributed by atoms with Crippen molar-refractivity contribution in [2.45, 2.75) is 50.7 Å². The van der Waals surface area contributed by atoms with Crippen molar-refractivity contribution in [2.24, 2.45) is 5.41 Å². The number of halogens is 2. The number of hydrogen-bond acceptors (Lipinski definition) is 9. The first-order valence-corrected chi connectivity index (χ1v) is 18.2. The normalized spacial score (nSPS) is 21.2. The number of ether oxygens (including phenoxy) is 2. The van der Waals surface area contributed by atoms with E-state index in [1.54, 1.807) is 50.4 Å². The molecule has 1 unspecified atom stereocenters. The van der Waals surface area contributed by atoms with Crippen LogP contribution in [-0.4, -0.2) is 100 Å². The van der Waals surface area contributed by atoms with Gasteiger partial charge >= 0.3 is 0 Å². The van der Waals surface area contributed by atoms with Gasteiger partial charge in [-0.3, -0.25) is 24.4 Å². The lowest BCUT2D eigenvalue weighted by Crippen LogP contribution is -2.72. The highest BCUT2D eigenvalue weighted by atomic mass is 19.1. The molecular formula is C40H41F2N7O4. The summed E-state index contributed by atoms with van der Waals surface area (Å²) in [5.41, 5.74) is 4.09. The van der Waals surface area contributed by atoms with Gasteiger partial charge in [0.1, 0.15) is 17.3 Å². The minimum absolute atomic E-state index is 0.0886. The smallest absolute Gasteiger partial charge is 0.237 e. The predicted octanol–water partition coefficient (Wildman–Crippen LogP) is 4.78. The Morgan fingerprint density at radius 1 is 0.887 bits per heavy atom. The monoisotopic (exact) mass is 721 g/mol. The lowest BCUT2D eigenvalue weighted by atomic mass is 9.72. The van der Waals surface area contributed by atoms with E-state index < -0.39 is 11.6 Å². The first-order chi connectivity index (χ1) is 25.6. The molecule has 1 aliphatic carbocycles. The summed E-state index contributed by atoms with van der Waals surface area (Å²) in [4.78, 5) is 44.0. The molecule has 53 heavy (non-hydrogen) atoms. The van der Waals surface area contributed by atoms with Crippen molar-refractivity contribution in [1.29, 1.82) is 0 Å². The zero-order valence-electron chi connectivity index (χ0n) is 30.0. The molecule has 4 aliphatic heterocycles. The summed E-state index contributed by atoms with van der Waals surface area (Å²) < 4.78 is 44.3. The van der Waals surface area contributed by atoms with Gasteiger partial charge in [-0.15, -0.1) is 0 Å². The molecule has 2 aromatic heterocycles. The van der Waals surface area contributed by atoms with Crippen LogP contribution < -0.4 is 14.8 Å². The SMILES string of the molecule is COc1nc(-c2cccc(-c3cccc(-c4cc5c(c(OC)n4)C(N4CC6(CN(C(C)=O)C6)C4)CC5)c3F)c2F)cnc1CN1CC2(CCC(=O)N2)C1. The maximum atomic E-state index is 16.5. The number of aromatic nitrogens is 3. The third-order valence-electron chi connectivity index (χ3n) is 11.8. The Kier molecular flexibility index (Phi) is 8.00. The number of carbonyl (C=O) groups excluding carboxylic acids is 2. The van der Waals surface area contributed by atoms with Gasteiger partial charge in [-0.25, -0.2) is 18.7 Å². The summed E-state index contributed by atoms with van der Waals surface area (Å²) in [6, 6.07) is 11.9. The average molecular weight is 722 g/mol. The molecule has 4 aromatic rings. The lowest BCUT2D eigenvalue weighted by Gasteiger charge is -2.61. The van der Waals surface area contributed by atoms with Crippen molar-refractivity contribution < 1.29 is 27.8 Å². The van der Waals surface area contributed by atoms with Gasteiger partial charge in [0.05, 0.1) is 37.3 Å². The van der Waals surface area contributed by atoms with Crippen molar-refractivity contribution in [2.75, 3.05) is 53.5 Å². The number of methoxy groups -OCH3 is 2. The van der Waals surface area contributed by atoms with Crippen molar-refractivity contribution in [1.82, 2.24) is 35.0 Å². The van der Waals surface area contributed by atoms with Crippen LogP contribution in [-0.2, 0) is 22.6 Å². The van der Waals surface area contributed by atoms with Gasteiger partial charge < -0.3 is 19.7 Å². The molecule has 1 N–H and O–H groups in total. The van der Waals surface area contributed by atoms with Crippen molar-refractivity contribution in [3.63, 3.8) is 0 Å². The number of nitrogens with zero attached hydrogens (tertiary/aromatic N) is 6. The molecule has 4 fully saturated rings. The summed E-state index contributed by atoms with van der Waals surface area (Å²) in [7, 11) is 3.09. The van der Waals surface area contributed by atoms with Crippen molar-refractivity contribution >= 4 is 11.8 Å². The standard InChI is InChI=1S/C40H41F2N7O4/c1-23(50)48-17-39(18-48)19-49(20-39)32-11-10-24-14-29(44-38(53-3)34(24)32)27-8-4-6-25(35(27)41)26-7-5-9-28(36(26)42)30-15-43-31(37(45-30)52-2)16-47-21-40(22-47)13-12-33(51)46-40/h4-9,14-15,32H,10-13,16-22H2,1-3H3,(H,46,51). The molecule has 274 valence electrons. The van der Waals surface area contributed by atoms with E-state index >= 15 is 8.78 Å². The molecule has 0 saturated carbocycles. The number of fused-ring (bicyclic) bond motifs is 1. The fraction of sp³-hybridized carbons (Fsp3) is 0.425. The highest BCUT2D eigenvalue weighted by molar-refractivity contribution is 5.80. The quantitative estimate of drug-likeness (QED) is 0.275. The molecule has 13 heteroatoms. The number of aryl methyl sites for hydroxylation is 1. The minimum atomic E-state index is -0.623. The number of amides is 2. The van der Waals surface area contributed by atoms with Crippen LogP contribution in [0.25, 0.3) is 33.6 Å². The second kappa shape index (κ2) is 12.6. The van der Waals surface area contributed by atoms with Gasteiger partial charge in [0.2, 0.25) is 23.6 Å². The maximum Gasteiger partial charge on any atom is 0.237 e. The van der Waals surface area contributed by atoms with Crippen LogP contribution in [0.4, 0.5) is 8.78 Å². The Hall–Kier alpha value is -5.01. The molecule has 0 bridgehead atoms. The molecular weight excluding hydrogens is 680 g/mol. The number of likely N-dealkylation sites (tertiary alicyclic amines) is 3. The van der Waals surface area contributed by atoms with Gasteiger partial charge in [0, 0.05) is 98.4 Å². The van der Waals surface area contributed by atoms with Gasteiger partial charge in [0.15, 0.2) is 0 Å². The van der Waals surface area contributed by atoms with Crippen LogP contribution >= 0.6 is 0 Å². The van der Waals surface area contributed by atoms with Crippen LogP contribution in [0.5, 0.6) is 11.8 Å². The molecule has 2 aromatic carbocycles. The molecule has 1 atom stereocenters. The predicted molar refractivity (Wildman–Crippen MR) is 192 cm³/mol. The van der Waals surface area contributed by atoms with Gasteiger partial charge in [-0.2, -0.15) is 0 Å². The topological polar surface area (TPSA) is 113 Å². The Bertz CT molecular complexity index is 2160. The van der Waals surface area contributed by atoms with Crippen LogP contribution in [0.3, 0.4) is 0 Å². The van der Waals surface area contributed by atoms with Gasteiger partial charge in [-0.1, -0.05) is 24.3 Å². The van der Waals surface area contributed by atoms with E-state index in [1.165, 1.54) is 13.3 Å². The summed E-state index contributed by atoms with van der Waals surface area (Å²) in [5.74, 6) is -0.227. The molecule has 11 nitrogen and oxygen atoms in total. The molecule has 2 amide bonds. The number of rotatable bonds is 8. The second-order valence-electron chi connectivity index (χ2n) is 15.4. The summed E-state index contributed by atoms with van der Waals surface area (Å²) in [5, 5.41) is 3.08. The van der Waals surface area contributed by atoms with E-state index in [0.717, 1.165) is 69.7 Å². The third-order valence-corrected chi connectivity index (χ3v) is 11.8. The van der Waals surface area contributed by atoms with Crippen molar-refractivity contribution in [3.8, 4) is 45.4 Å². The van der Waals surface area contributed by atoms with E-state index in [1.807, 2.05) is 11.0 Å². The number of pyridine rings is 1. The Balaban J connectivity index is 0.958. The first kappa shape index (κ1) is 33.8. The Morgan fingerprint density at radius 3 is 2.15 bits per heavy atom. The van der Waals surface area contributed by atoms with Crippen LogP contribution in [0.2, 0.25) is 0 Å². The van der Waals surface area contributed by atoms with Gasteiger partial charge in [-0.05, 0) is 43.0 Å². The molecule has 5 aliphatic rings. The molecule has 4 saturated heterocycles. The highest BCUT2D eigenvalue weighted by Gasteiger charge is 2.55. The molecule has 2 spiro atoms. The van der Waals surface area contributed by atoms with Crippen LogP contribution in [0.1, 0.15) is 49.0 Å². The van der Waals surface area contributed by atoms with E-state index in [0.29, 0.717) is 30.2 Å². The number of hydrogen-bond donors (Lipinski definition) is 1. The second-order valence-corrected chi connectivity index (χ2v) is 15.4. The summed E-state index contributed by atoms with van der Waals surface area (Å²) in [6.07, 6.45) is 4.62. The number of nitrogens with one attached hydrogen (secondary N) is 1. The highest BCUT2D eigenvalue weighted by Crippen LogP contribution is 2.50. The van der Waals surface area contributed by atoms with E-state index in [4.69, 9.17) is 14.5 Å². The zero-order valence-corrected chi connectivity index (χ0v) is 30.0. The largest absolute Gasteiger partial charge is 0.481 e. The third kappa shape index (κ3) is 5.63. The number of benzene rings is 2. The zero-order chi connectivity index (χ0) is 36.6. The molecule has 6 heterocycles. The van der Waals surface area contributed by atoms with E-state index in [2.05, 4.69) is 25.1 Å². The average Bonchev–Trinajstić information content (AvgIpc) is 3.71. The van der Waals surface area contributed by atoms with E-state index in [9.17, 15) is 9.59 Å². The lowest BCUT2D eigenvalue weighted by molar-refractivity contribution is -0.161. The Labute approximate surface area is 306 Å². The molecule has 9 rings (SSSR count). The number of carbonyl (C=O) groups is 2. The minimum Gasteiger partial charge on any atom is -0.481 e. The van der Waals surface area contributed by atoms with Crippen LogP contribution in [0.15, 0.2) is 48.7 Å². The van der Waals surface area contributed by atoms with Crippen molar-refractivity contribution in [3.05, 3.63) is 77.1 Å².